The topological polar surface area (TPSA) is 93.6 Å². The van der Waals surface area contributed by atoms with Gasteiger partial charge in [-0.1, -0.05) is 11.6 Å². The van der Waals surface area contributed by atoms with Crippen molar-refractivity contribution in [2.24, 2.45) is 11.5 Å². The highest BCUT2D eigenvalue weighted by molar-refractivity contribution is 6.23. The minimum absolute atomic E-state index is 0.215. The number of amides is 1. The van der Waals surface area contributed by atoms with Crippen molar-refractivity contribution in [1.29, 1.82) is 0 Å². The average Bonchev–Trinajstić information content (AvgIpc) is 2.88. The van der Waals surface area contributed by atoms with E-state index < -0.39 is 30.2 Å². The lowest BCUT2D eigenvalue weighted by Gasteiger charge is -2.25. The third-order valence-corrected chi connectivity index (χ3v) is 4.16. The zero-order chi connectivity index (χ0) is 18.8. The van der Waals surface area contributed by atoms with E-state index in [9.17, 15) is 18.0 Å². The number of hydrogen-bond acceptors (Lipinski definition) is 5. The fraction of sp³-hybridized carbons (Fsp3) is 0.400. The Morgan fingerprint density at radius 3 is 2.80 bits per heavy atom. The number of nitrogens with one attached hydrogen (secondary N) is 1. The Labute approximate surface area is 147 Å². The predicted molar refractivity (Wildman–Crippen MR) is 86.7 cm³/mol. The lowest BCUT2D eigenvalue weighted by molar-refractivity contribution is -0.165. The molecule has 2 aliphatic heterocycles. The number of hydrogen-bond donors (Lipinski definition) is 3. The number of carbonyl (C=O) groups excluding carboxylic acids is 1. The Bertz CT molecular complexity index is 670. The van der Waals surface area contributed by atoms with E-state index in [1.807, 2.05) is 0 Å². The zero-order valence-corrected chi connectivity index (χ0v) is 14.1. The van der Waals surface area contributed by atoms with Crippen LogP contribution in [0.4, 0.5) is 13.2 Å². The van der Waals surface area contributed by atoms with Gasteiger partial charge in [-0.3, -0.25) is 4.79 Å². The second-order valence-corrected chi connectivity index (χ2v) is 5.99. The fourth-order valence-corrected chi connectivity index (χ4v) is 2.63. The van der Waals surface area contributed by atoms with E-state index in [1.54, 1.807) is 19.2 Å². The van der Waals surface area contributed by atoms with Gasteiger partial charge < -0.3 is 26.4 Å². The van der Waals surface area contributed by atoms with Crippen molar-refractivity contribution in [1.82, 2.24) is 10.2 Å². The van der Waals surface area contributed by atoms with E-state index in [0.29, 0.717) is 12.1 Å². The van der Waals surface area contributed by atoms with Crippen molar-refractivity contribution in [3.8, 4) is 0 Å². The molecule has 0 fully saturated rings. The number of alkyl halides is 4. The molecule has 0 aromatic rings. The highest BCUT2D eigenvalue weighted by Crippen LogP contribution is 2.29. The van der Waals surface area contributed by atoms with Crippen molar-refractivity contribution >= 4 is 17.5 Å². The van der Waals surface area contributed by atoms with Gasteiger partial charge in [0.25, 0.3) is 5.91 Å². The van der Waals surface area contributed by atoms with Gasteiger partial charge in [-0.15, -0.1) is 0 Å². The molecule has 2 aliphatic rings. The summed E-state index contributed by atoms with van der Waals surface area (Å²) in [6.07, 6.45) is 1.20. The van der Waals surface area contributed by atoms with Gasteiger partial charge in [0.2, 0.25) is 0 Å². The quantitative estimate of drug-likeness (QED) is 0.291. The molecule has 0 saturated heterocycles. The third-order valence-electron chi connectivity index (χ3n) is 3.77. The van der Waals surface area contributed by atoms with E-state index in [-0.39, 0.29) is 11.6 Å². The van der Waals surface area contributed by atoms with Gasteiger partial charge in [0.05, 0.1) is 6.04 Å². The number of dihydropyridines is 1. The molecule has 0 spiro atoms. The SMILES string of the molecule is CC(/C(N)=C/C=C(\N)OCC(F)(F)F)N1CC2=C(C=CNC2Cl)C1=O. The van der Waals surface area contributed by atoms with Crippen molar-refractivity contribution in [3.63, 3.8) is 0 Å². The van der Waals surface area contributed by atoms with Crippen molar-refractivity contribution in [2.75, 3.05) is 13.2 Å². The van der Waals surface area contributed by atoms with Crippen LogP contribution >= 0.6 is 11.6 Å². The normalized spacial score (nSPS) is 22.8. The summed E-state index contributed by atoms with van der Waals surface area (Å²) in [5, 5.41) is 2.90. The van der Waals surface area contributed by atoms with Crippen molar-refractivity contribution in [3.05, 3.63) is 47.2 Å². The first kappa shape index (κ1) is 19.0. The molecule has 0 aromatic carbocycles. The summed E-state index contributed by atoms with van der Waals surface area (Å²) < 4.78 is 40.5. The summed E-state index contributed by atoms with van der Waals surface area (Å²) >= 11 is 6.13. The molecule has 0 radical (unpaired) electrons. The second kappa shape index (κ2) is 7.30. The molecule has 0 bridgehead atoms. The number of nitrogens with two attached hydrogens (primary N) is 2. The predicted octanol–water partition coefficient (Wildman–Crippen LogP) is 1.42. The monoisotopic (exact) mass is 378 g/mol. The Morgan fingerprint density at radius 2 is 2.20 bits per heavy atom. The molecule has 25 heavy (non-hydrogen) atoms. The van der Waals surface area contributed by atoms with Gasteiger partial charge in [0, 0.05) is 17.8 Å². The van der Waals surface area contributed by atoms with Crippen LogP contribution in [-0.2, 0) is 9.53 Å². The largest absolute Gasteiger partial charge is 0.470 e. The molecule has 6 nitrogen and oxygen atoms in total. The zero-order valence-electron chi connectivity index (χ0n) is 13.3. The first-order valence-corrected chi connectivity index (χ1v) is 7.77. The van der Waals surface area contributed by atoms with E-state index >= 15 is 0 Å². The summed E-state index contributed by atoms with van der Waals surface area (Å²) in [5.74, 6) is -0.641. The van der Waals surface area contributed by atoms with Crippen LogP contribution < -0.4 is 16.8 Å². The molecular formula is C15H18ClF3N4O2. The summed E-state index contributed by atoms with van der Waals surface area (Å²) in [4.78, 5) is 14.0. The van der Waals surface area contributed by atoms with E-state index in [0.717, 1.165) is 11.6 Å². The van der Waals surface area contributed by atoms with Gasteiger partial charge in [-0.2, -0.15) is 13.2 Å². The molecule has 5 N–H and O–H groups in total. The van der Waals surface area contributed by atoms with Crippen LogP contribution in [0.2, 0.25) is 0 Å². The van der Waals surface area contributed by atoms with Gasteiger partial charge in [-0.05, 0) is 36.9 Å². The van der Waals surface area contributed by atoms with Crippen LogP contribution in [0.15, 0.2) is 47.2 Å². The molecule has 2 rings (SSSR count). The third kappa shape index (κ3) is 4.62. The highest BCUT2D eigenvalue weighted by atomic mass is 35.5. The summed E-state index contributed by atoms with van der Waals surface area (Å²) in [5.41, 5.74) is 12.3. The number of ether oxygens (including phenoxy) is 1. The Hall–Kier alpha value is -2.29. The van der Waals surface area contributed by atoms with E-state index in [1.165, 1.54) is 11.0 Å². The van der Waals surface area contributed by atoms with Gasteiger partial charge >= 0.3 is 6.18 Å². The van der Waals surface area contributed by atoms with E-state index in [4.69, 9.17) is 23.1 Å². The molecule has 0 saturated carbocycles. The molecule has 0 aromatic heterocycles. The maximum Gasteiger partial charge on any atom is 0.422 e. The van der Waals surface area contributed by atoms with Crippen molar-refractivity contribution < 1.29 is 22.7 Å². The molecule has 10 heteroatoms. The molecule has 2 unspecified atom stereocenters. The van der Waals surface area contributed by atoms with Crippen LogP contribution in [0, 0.1) is 0 Å². The average molecular weight is 379 g/mol. The first-order valence-electron chi connectivity index (χ1n) is 7.33. The summed E-state index contributed by atoms with van der Waals surface area (Å²) in [7, 11) is 0. The number of halogens is 4. The molecule has 2 atom stereocenters. The highest BCUT2D eigenvalue weighted by Gasteiger charge is 2.36. The van der Waals surface area contributed by atoms with Gasteiger partial charge in [0.15, 0.2) is 12.5 Å². The van der Waals surface area contributed by atoms with E-state index in [2.05, 4.69) is 10.1 Å². The van der Waals surface area contributed by atoms with Gasteiger partial charge in [0.1, 0.15) is 5.50 Å². The van der Waals surface area contributed by atoms with Crippen LogP contribution in [0.3, 0.4) is 0 Å². The Balaban J connectivity index is 2.02. The van der Waals surface area contributed by atoms with Crippen LogP contribution in [-0.4, -0.2) is 41.7 Å². The molecule has 1 amide bonds. The number of allylic oxidation sites excluding steroid dienone is 2. The van der Waals surface area contributed by atoms with Crippen LogP contribution in [0.1, 0.15) is 6.92 Å². The molecule has 2 heterocycles. The number of rotatable bonds is 5. The van der Waals surface area contributed by atoms with Crippen molar-refractivity contribution in [2.45, 2.75) is 24.6 Å². The minimum Gasteiger partial charge on any atom is -0.470 e. The smallest absolute Gasteiger partial charge is 0.422 e. The molecule has 0 aliphatic carbocycles. The Morgan fingerprint density at radius 1 is 1.52 bits per heavy atom. The lowest BCUT2D eigenvalue weighted by Crippen LogP contribution is -2.39. The van der Waals surface area contributed by atoms with Crippen LogP contribution in [0.25, 0.3) is 0 Å². The second-order valence-electron chi connectivity index (χ2n) is 5.55. The maximum absolute atomic E-state index is 12.4. The Kier molecular flexibility index (Phi) is 5.56. The standard InChI is InChI=1S/C15H18ClF3N4O2/c1-8(11(20)2-3-12(21)25-7-15(17,18)19)23-6-10-9(14(23)24)4-5-22-13(10)16/h2-5,8,13,22H,6-7,20-21H2,1H3/b11-2-,12-3+. The molecule has 138 valence electrons. The number of carbonyl (C=O) groups is 1. The first-order chi connectivity index (χ1) is 11.6. The van der Waals surface area contributed by atoms with Gasteiger partial charge in [-0.25, -0.2) is 0 Å². The summed E-state index contributed by atoms with van der Waals surface area (Å²) in [6, 6.07) is -0.498. The summed E-state index contributed by atoms with van der Waals surface area (Å²) in [6.45, 7) is 0.513. The lowest BCUT2D eigenvalue weighted by atomic mass is 10.1. The number of nitrogens with zero attached hydrogens (tertiary/aromatic N) is 1. The maximum atomic E-state index is 12.4. The fourth-order valence-electron chi connectivity index (χ4n) is 2.37. The minimum atomic E-state index is -4.48. The van der Waals surface area contributed by atoms with Crippen LogP contribution in [0.5, 0.6) is 0 Å². The molecular weight excluding hydrogens is 361 g/mol.